The van der Waals surface area contributed by atoms with E-state index in [4.69, 9.17) is 0 Å². The fourth-order valence-electron chi connectivity index (χ4n) is 1.75. The van der Waals surface area contributed by atoms with E-state index in [2.05, 4.69) is 6.58 Å². The van der Waals surface area contributed by atoms with E-state index in [0.717, 1.165) is 0 Å². The molecule has 0 radical (unpaired) electrons. The molecule has 0 aromatic heterocycles. The molecule has 1 N–H and O–H groups in total. The minimum atomic E-state index is -2.66. The Morgan fingerprint density at radius 1 is 1.77 bits per heavy atom. The van der Waals surface area contributed by atoms with Gasteiger partial charge in [0.2, 0.25) is 0 Å². The number of alkyl halides is 2. The van der Waals surface area contributed by atoms with E-state index in [1.807, 2.05) is 6.92 Å². The maximum Gasteiger partial charge on any atom is 0.262 e. The fraction of sp³-hybridized carbons (Fsp3) is 0.778. The Balaban J connectivity index is 2.68. The van der Waals surface area contributed by atoms with Crippen LogP contribution in [0.1, 0.15) is 19.8 Å². The van der Waals surface area contributed by atoms with Gasteiger partial charge in [-0.3, -0.25) is 4.90 Å². The van der Waals surface area contributed by atoms with E-state index in [1.165, 1.54) is 11.0 Å². The summed E-state index contributed by atoms with van der Waals surface area (Å²) in [6.45, 7) is 4.86. The number of hydrogen-bond acceptors (Lipinski definition) is 2. The maximum absolute atomic E-state index is 12.9. The first-order valence-electron chi connectivity index (χ1n) is 4.44. The highest BCUT2D eigenvalue weighted by atomic mass is 19.3. The summed E-state index contributed by atoms with van der Waals surface area (Å²) in [6, 6.07) is -0.233. The van der Waals surface area contributed by atoms with Crippen molar-refractivity contribution in [2.24, 2.45) is 0 Å². The Hall–Kier alpha value is -0.480. The molecule has 2 nitrogen and oxygen atoms in total. The Morgan fingerprint density at radius 3 is 2.85 bits per heavy atom. The summed E-state index contributed by atoms with van der Waals surface area (Å²) < 4.78 is 25.9. The second-order valence-electron chi connectivity index (χ2n) is 3.44. The second-order valence-corrected chi connectivity index (χ2v) is 3.44. The zero-order valence-corrected chi connectivity index (χ0v) is 7.71. The third kappa shape index (κ3) is 2.25. The molecule has 1 heterocycles. The zero-order chi connectivity index (χ0) is 10.1. The molecular formula is C9H15F2NO. The summed E-state index contributed by atoms with van der Waals surface area (Å²) in [5.41, 5.74) is 0. The van der Waals surface area contributed by atoms with Crippen LogP contribution in [0.5, 0.6) is 0 Å². The van der Waals surface area contributed by atoms with Gasteiger partial charge in [-0.25, -0.2) is 8.78 Å². The van der Waals surface area contributed by atoms with E-state index in [9.17, 15) is 13.9 Å². The van der Waals surface area contributed by atoms with Crippen LogP contribution in [0, 0.1) is 0 Å². The number of likely N-dealkylation sites (tertiary alicyclic amines) is 1. The highest BCUT2D eigenvalue weighted by Crippen LogP contribution is 2.34. The minimum absolute atomic E-state index is 0.158. The Kier molecular flexibility index (Phi) is 3.03. The van der Waals surface area contributed by atoms with Crippen LogP contribution in [0.15, 0.2) is 12.7 Å². The minimum Gasteiger partial charge on any atom is -0.375 e. The van der Waals surface area contributed by atoms with Gasteiger partial charge >= 0.3 is 0 Å². The molecule has 1 rings (SSSR count). The fourth-order valence-corrected chi connectivity index (χ4v) is 1.75. The molecule has 0 aliphatic carbocycles. The topological polar surface area (TPSA) is 23.5 Å². The number of aliphatic hydroxyl groups excluding tert-OH is 1. The molecule has 13 heavy (non-hydrogen) atoms. The first-order chi connectivity index (χ1) is 6.00. The average Bonchev–Trinajstić information content (AvgIpc) is 2.39. The van der Waals surface area contributed by atoms with Gasteiger partial charge in [0.1, 0.15) is 6.23 Å². The third-order valence-electron chi connectivity index (χ3n) is 2.44. The van der Waals surface area contributed by atoms with Crippen molar-refractivity contribution in [3.8, 4) is 0 Å². The van der Waals surface area contributed by atoms with Gasteiger partial charge in [-0.2, -0.15) is 0 Å². The van der Waals surface area contributed by atoms with Crippen LogP contribution < -0.4 is 0 Å². The van der Waals surface area contributed by atoms with Crippen molar-refractivity contribution in [2.45, 2.75) is 38.0 Å². The molecule has 1 aliphatic rings. The lowest BCUT2D eigenvalue weighted by molar-refractivity contribution is -0.0165. The summed E-state index contributed by atoms with van der Waals surface area (Å²) in [4.78, 5) is 1.40. The molecule has 76 valence electrons. The van der Waals surface area contributed by atoms with Crippen molar-refractivity contribution in [2.75, 3.05) is 6.54 Å². The van der Waals surface area contributed by atoms with Gasteiger partial charge in [0.15, 0.2) is 0 Å². The van der Waals surface area contributed by atoms with Crippen LogP contribution in [-0.2, 0) is 0 Å². The van der Waals surface area contributed by atoms with Crippen molar-refractivity contribution in [1.82, 2.24) is 4.90 Å². The zero-order valence-electron chi connectivity index (χ0n) is 7.71. The number of halogens is 2. The average molecular weight is 191 g/mol. The van der Waals surface area contributed by atoms with Gasteiger partial charge in [0.05, 0.1) is 6.54 Å². The largest absolute Gasteiger partial charge is 0.375 e. The SMILES string of the molecule is C=CC(O)N1CC(F)(F)CC1CC. The first kappa shape index (κ1) is 10.6. The smallest absolute Gasteiger partial charge is 0.262 e. The molecule has 1 fully saturated rings. The molecule has 2 unspecified atom stereocenters. The van der Waals surface area contributed by atoms with Gasteiger partial charge in [-0.1, -0.05) is 13.5 Å². The predicted molar refractivity (Wildman–Crippen MR) is 46.6 cm³/mol. The molecule has 1 aliphatic heterocycles. The van der Waals surface area contributed by atoms with Crippen LogP contribution in [0.3, 0.4) is 0 Å². The Morgan fingerprint density at radius 2 is 2.38 bits per heavy atom. The molecule has 0 bridgehead atoms. The molecule has 0 aromatic rings. The molecule has 2 atom stereocenters. The van der Waals surface area contributed by atoms with Gasteiger partial charge in [-0.05, 0) is 12.5 Å². The first-order valence-corrected chi connectivity index (χ1v) is 4.44. The van der Waals surface area contributed by atoms with E-state index in [-0.39, 0.29) is 19.0 Å². The standard InChI is InChI=1S/C9H15F2NO/c1-3-7-5-9(10,11)6-12(7)8(13)4-2/h4,7-8,13H,2-3,5-6H2,1H3. The maximum atomic E-state index is 12.9. The molecular weight excluding hydrogens is 176 g/mol. The van der Waals surface area contributed by atoms with Gasteiger partial charge in [-0.15, -0.1) is 0 Å². The summed E-state index contributed by atoms with van der Waals surface area (Å²) in [5.74, 6) is -2.66. The highest BCUT2D eigenvalue weighted by molar-refractivity contribution is 4.94. The van der Waals surface area contributed by atoms with Crippen LogP contribution >= 0.6 is 0 Å². The van der Waals surface area contributed by atoms with Crippen molar-refractivity contribution in [1.29, 1.82) is 0 Å². The van der Waals surface area contributed by atoms with E-state index in [1.54, 1.807) is 0 Å². The monoisotopic (exact) mass is 191 g/mol. The predicted octanol–water partition coefficient (Wildman–Crippen LogP) is 1.61. The normalized spacial score (nSPS) is 30.3. The Bertz CT molecular complexity index is 196. The molecule has 1 saturated heterocycles. The number of hydrogen-bond donors (Lipinski definition) is 1. The summed E-state index contributed by atoms with van der Waals surface area (Å²) in [6.07, 6.45) is 0.803. The summed E-state index contributed by atoms with van der Waals surface area (Å²) in [7, 11) is 0. The lowest BCUT2D eigenvalue weighted by atomic mass is 10.1. The second kappa shape index (κ2) is 3.72. The molecule has 0 saturated carbocycles. The quantitative estimate of drug-likeness (QED) is 0.685. The molecule has 0 spiro atoms. The highest BCUT2D eigenvalue weighted by Gasteiger charge is 2.45. The van der Waals surface area contributed by atoms with Gasteiger partial charge < -0.3 is 5.11 Å². The third-order valence-corrected chi connectivity index (χ3v) is 2.44. The van der Waals surface area contributed by atoms with Crippen LogP contribution in [0.25, 0.3) is 0 Å². The summed E-state index contributed by atoms with van der Waals surface area (Å²) >= 11 is 0. The number of nitrogens with zero attached hydrogens (tertiary/aromatic N) is 1. The van der Waals surface area contributed by atoms with Crippen LogP contribution in [-0.4, -0.2) is 34.7 Å². The lowest BCUT2D eigenvalue weighted by Crippen LogP contribution is -2.38. The lowest BCUT2D eigenvalue weighted by Gasteiger charge is -2.25. The van der Waals surface area contributed by atoms with E-state index < -0.39 is 12.2 Å². The number of rotatable bonds is 3. The molecule has 0 amide bonds. The van der Waals surface area contributed by atoms with Crippen LogP contribution in [0.4, 0.5) is 8.78 Å². The van der Waals surface area contributed by atoms with Gasteiger partial charge in [0.25, 0.3) is 5.92 Å². The van der Waals surface area contributed by atoms with E-state index >= 15 is 0 Å². The van der Waals surface area contributed by atoms with Crippen molar-refractivity contribution in [3.05, 3.63) is 12.7 Å². The number of aliphatic hydroxyl groups is 1. The molecule has 0 aromatic carbocycles. The molecule has 4 heteroatoms. The van der Waals surface area contributed by atoms with Crippen molar-refractivity contribution < 1.29 is 13.9 Å². The van der Waals surface area contributed by atoms with Crippen molar-refractivity contribution >= 4 is 0 Å². The van der Waals surface area contributed by atoms with E-state index in [0.29, 0.717) is 6.42 Å². The van der Waals surface area contributed by atoms with Crippen molar-refractivity contribution in [3.63, 3.8) is 0 Å². The van der Waals surface area contributed by atoms with Crippen LogP contribution in [0.2, 0.25) is 0 Å². The van der Waals surface area contributed by atoms with Gasteiger partial charge in [0, 0.05) is 12.5 Å². The summed E-state index contributed by atoms with van der Waals surface area (Å²) in [5, 5.41) is 9.37. The Labute approximate surface area is 76.8 Å².